The fourth-order valence-corrected chi connectivity index (χ4v) is 4.25. The van der Waals surface area contributed by atoms with Crippen LogP contribution >= 0.6 is 11.3 Å². The Morgan fingerprint density at radius 3 is 2.81 bits per heavy atom. The van der Waals surface area contributed by atoms with E-state index in [1.165, 1.54) is 11.3 Å². The van der Waals surface area contributed by atoms with E-state index in [0.29, 0.717) is 30.4 Å². The highest BCUT2D eigenvalue weighted by molar-refractivity contribution is 7.17. The number of hydrogen-bond donors (Lipinski definition) is 1. The number of fused-ring (bicyclic) bond motifs is 1. The van der Waals surface area contributed by atoms with Gasteiger partial charge >= 0.3 is 0 Å². The third-order valence-electron chi connectivity index (χ3n) is 4.93. The molecule has 0 radical (unpaired) electrons. The number of methoxy groups -OCH3 is 1. The molecule has 4 aromatic heterocycles. The molecule has 0 spiro atoms. The second-order valence-electron chi connectivity index (χ2n) is 7.21. The number of hydrogen-bond acceptors (Lipinski definition) is 8. The molecule has 0 aliphatic heterocycles. The highest BCUT2D eigenvalue weighted by Gasteiger charge is 2.19. The minimum absolute atomic E-state index is 0.0348. The first-order chi connectivity index (χ1) is 15.0. The molecule has 4 aromatic rings. The summed E-state index contributed by atoms with van der Waals surface area (Å²) in [6, 6.07) is 11.2. The molecule has 31 heavy (non-hydrogen) atoms. The number of rotatable bonds is 8. The molecule has 0 unspecified atom stereocenters. The Bertz CT molecular complexity index is 1210. The maximum Gasteiger partial charge on any atom is 0.224 e. The van der Waals surface area contributed by atoms with Crippen LogP contribution in [0.1, 0.15) is 46.8 Å². The van der Waals surface area contributed by atoms with Crippen molar-refractivity contribution in [3.05, 3.63) is 70.6 Å². The van der Waals surface area contributed by atoms with Gasteiger partial charge in [-0.05, 0) is 49.4 Å². The van der Waals surface area contributed by atoms with Crippen LogP contribution in [-0.2, 0) is 6.42 Å². The first kappa shape index (κ1) is 20.9. The van der Waals surface area contributed by atoms with Crippen LogP contribution in [0.4, 0.5) is 5.95 Å². The maximum atomic E-state index is 13.1. The van der Waals surface area contributed by atoms with Gasteiger partial charge in [-0.1, -0.05) is 12.1 Å². The predicted octanol–water partition coefficient (Wildman–Crippen LogP) is 4.79. The van der Waals surface area contributed by atoms with Gasteiger partial charge in [0.25, 0.3) is 0 Å². The van der Waals surface area contributed by atoms with Gasteiger partial charge in [-0.25, -0.2) is 15.0 Å². The Labute approximate surface area is 184 Å². The number of nitrogens with zero attached hydrogens (tertiary/aromatic N) is 4. The number of ether oxygens (including phenoxy) is 1. The largest absolute Gasteiger partial charge is 0.481 e. The number of pyridine rings is 2. The normalized spacial score (nSPS) is 12.0. The van der Waals surface area contributed by atoms with E-state index in [0.717, 1.165) is 27.2 Å². The fourth-order valence-electron chi connectivity index (χ4n) is 3.26. The van der Waals surface area contributed by atoms with E-state index in [2.05, 4.69) is 25.3 Å². The summed E-state index contributed by atoms with van der Waals surface area (Å²) in [6.07, 6.45) is 2.57. The standard InChI is InChI=1S/C23H23N5O2S/c1-14-13-31-22-20(14)27-23(25-15(2)17-8-4-5-12-24-17)28-21(22)18(29)11-10-16-7-6-9-19(26-16)30-3/h4-9,12-13,15H,10-11H2,1-3H3,(H,25,27,28)/t15-/m0/s1. The molecule has 0 fully saturated rings. The Morgan fingerprint density at radius 1 is 1.16 bits per heavy atom. The van der Waals surface area contributed by atoms with Gasteiger partial charge in [0.1, 0.15) is 5.69 Å². The second-order valence-corrected chi connectivity index (χ2v) is 8.09. The first-order valence-electron chi connectivity index (χ1n) is 10.0. The minimum Gasteiger partial charge on any atom is -0.481 e. The van der Waals surface area contributed by atoms with Gasteiger partial charge in [-0.3, -0.25) is 9.78 Å². The van der Waals surface area contributed by atoms with Crippen LogP contribution in [0, 0.1) is 6.92 Å². The van der Waals surface area contributed by atoms with Crippen molar-refractivity contribution in [2.45, 2.75) is 32.7 Å². The number of anilines is 1. The predicted molar refractivity (Wildman–Crippen MR) is 122 cm³/mol. The molecule has 7 nitrogen and oxygen atoms in total. The van der Waals surface area contributed by atoms with Crippen molar-refractivity contribution in [2.24, 2.45) is 0 Å². The molecule has 0 aromatic carbocycles. The van der Waals surface area contributed by atoms with Crippen LogP contribution in [-0.4, -0.2) is 32.8 Å². The van der Waals surface area contributed by atoms with Crippen LogP contribution in [0.3, 0.4) is 0 Å². The van der Waals surface area contributed by atoms with E-state index in [4.69, 9.17) is 4.74 Å². The van der Waals surface area contributed by atoms with Crippen molar-refractivity contribution in [1.29, 1.82) is 0 Å². The molecule has 0 aliphatic carbocycles. The fraction of sp³-hybridized carbons (Fsp3) is 0.261. The Morgan fingerprint density at radius 2 is 2.03 bits per heavy atom. The Kier molecular flexibility index (Phi) is 6.18. The van der Waals surface area contributed by atoms with E-state index in [1.54, 1.807) is 19.4 Å². The number of ketones is 1. The van der Waals surface area contributed by atoms with Crippen molar-refractivity contribution in [1.82, 2.24) is 19.9 Å². The molecule has 0 saturated carbocycles. The summed E-state index contributed by atoms with van der Waals surface area (Å²) < 4.78 is 5.98. The zero-order valence-corrected chi connectivity index (χ0v) is 18.4. The number of nitrogens with one attached hydrogen (secondary N) is 1. The summed E-state index contributed by atoms with van der Waals surface area (Å²) >= 11 is 1.50. The number of carbonyl (C=O) groups is 1. The van der Waals surface area contributed by atoms with Crippen LogP contribution in [0.2, 0.25) is 0 Å². The van der Waals surface area contributed by atoms with E-state index < -0.39 is 0 Å². The summed E-state index contributed by atoms with van der Waals surface area (Å²) in [5.41, 5.74) is 3.97. The first-order valence-corrected chi connectivity index (χ1v) is 10.9. The molecule has 158 valence electrons. The smallest absolute Gasteiger partial charge is 0.224 e. The number of carbonyl (C=O) groups excluding carboxylic acids is 1. The third kappa shape index (κ3) is 4.69. The van der Waals surface area contributed by atoms with Gasteiger partial charge in [0.2, 0.25) is 11.8 Å². The van der Waals surface area contributed by atoms with Gasteiger partial charge in [0.05, 0.1) is 29.1 Å². The molecule has 1 atom stereocenters. The number of Topliss-reactive ketones (excluding diaryl/α,β-unsaturated/α-hetero) is 1. The number of thiophene rings is 1. The van der Waals surface area contributed by atoms with Crippen molar-refractivity contribution < 1.29 is 9.53 Å². The molecule has 0 saturated heterocycles. The highest BCUT2D eigenvalue weighted by Crippen LogP contribution is 2.29. The molecule has 8 heteroatoms. The molecule has 0 bridgehead atoms. The molecule has 4 rings (SSSR count). The van der Waals surface area contributed by atoms with Crippen LogP contribution in [0.25, 0.3) is 10.2 Å². The molecular weight excluding hydrogens is 410 g/mol. The third-order valence-corrected chi connectivity index (χ3v) is 6.03. The topological polar surface area (TPSA) is 89.9 Å². The number of aromatic nitrogens is 4. The summed E-state index contributed by atoms with van der Waals surface area (Å²) in [7, 11) is 1.58. The monoisotopic (exact) mass is 433 g/mol. The molecule has 0 aliphatic rings. The van der Waals surface area contributed by atoms with E-state index in [1.807, 2.05) is 49.6 Å². The SMILES string of the molecule is COc1cccc(CCC(=O)c2nc(N[C@@H](C)c3ccccn3)nc3c(C)csc23)n1. The van der Waals surface area contributed by atoms with Crippen molar-refractivity contribution in [3.8, 4) is 5.88 Å². The van der Waals surface area contributed by atoms with Crippen LogP contribution in [0.15, 0.2) is 48.0 Å². The lowest BCUT2D eigenvalue weighted by Crippen LogP contribution is -2.13. The van der Waals surface area contributed by atoms with Gasteiger partial charge < -0.3 is 10.1 Å². The zero-order chi connectivity index (χ0) is 21.8. The lowest BCUT2D eigenvalue weighted by Gasteiger charge is -2.14. The summed E-state index contributed by atoms with van der Waals surface area (Å²) in [5.74, 6) is 0.931. The Balaban J connectivity index is 1.59. The van der Waals surface area contributed by atoms with Crippen molar-refractivity contribution in [3.63, 3.8) is 0 Å². The second kappa shape index (κ2) is 9.18. The Hall–Kier alpha value is -3.39. The molecule has 4 heterocycles. The van der Waals surface area contributed by atoms with Crippen molar-refractivity contribution in [2.75, 3.05) is 12.4 Å². The molecule has 1 N–H and O–H groups in total. The van der Waals surface area contributed by atoms with Gasteiger partial charge in [-0.2, -0.15) is 0 Å². The summed E-state index contributed by atoms with van der Waals surface area (Å²) in [5, 5.41) is 5.30. The molecule has 0 amide bonds. The quantitative estimate of drug-likeness (QED) is 0.400. The summed E-state index contributed by atoms with van der Waals surface area (Å²) in [6.45, 7) is 3.98. The summed E-state index contributed by atoms with van der Waals surface area (Å²) in [4.78, 5) is 31.1. The van der Waals surface area contributed by atoms with Gasteiger partial charge in [0, 0.05) is 24.4 Å². The number of aryl methyl sites for hydroxylation is 2. The van der Waals surface area contributed by atoms with E-state index >= 15 is 0 Å². The van der Waals surface area contributed by atoms with Gasteiger partial charge in [0.15, 0.2) is 5.78 Å². The maximum absolute atomic E-state index is 13.1. The van der Waals surface area contributed by atoms with E-state index in [-0.39, 0.29) is 11.8 Å². The minimum atomic E-state index is -0.0958. The van der Waals surface area contributed by atoms with E-state index in [9.17, 15) is 4.79 Å². The zero-order valence-electron chi connectivity index (χ0n) is 17.6. The molecular formula is C23H23N5O2S. The average molecular weight is 434 g/mol. The van der Waals surface area contributed by atoms with Crippen molar-refractivity contribution >= 4 is 33.3 Å². The van der Waals surface area contributed by atoms with Crippen LogP contribution in [0.5, 0.6) is 5.88 Å². The van der Waals surface area contributed by atoms with Crippen LogP contribution < -0.4 is 10.1 Å². The lowest BCUT2D eigenvalue weighted by molar-refractivity contribution is 0.0979. The lowest BCUT2D eigenvalue weighted by atomic mass is 10.1. The average Bonchev–Trinajstić information content (AvgIpc) is 3.18. The van der Waals surface area contributed by atoms with Gasteiger partial charge in [-0.15, -0.1) is 11.3 Å². The highest BCUT2D eigenvalue weighted by atomic mass is 32.1.